The Balaban J connectivity index is 2.13. The van der Waals surface area contributed by atoms with Gasteiger partial charge in [0.15, 0.2) is 0 Å². The molecule has 1 atom stereocenters. The van der Waals surface area contributed by atoms with Crippen LogP contribution < -0.4 is 15.6 Å². The third-order valence-electron chi connectivity index (χ3n) is 4.92. The maximum atomic E-state index is 13.2. The average Bonchev–Trinajstić information content (AvgIpc) is 2.81. The number of rotatable bonds is 8. The Morgan fingerprint density at radius 2 is 1.74 bits per heavy atom. The molecule has 162 valence electrons. The fourth-order valence-electron chi connectivity index (χ4n) is 3.34. The highest BCUT2D eigenvalue weighted by Gasteiger charge is 2.24. The van der Waals surface area contributed by atoms with Gasteiger partial charge in [0.2, 0.25) is 0 Å². The standard InChI is InChI=1S/C23H24N2O5S/c1-29-20-11-7-6-10-19(20)25-14-17(15-8-4-5-9-16(15)22(25)27)21(26)24-18(12-13-31-3)23(28)30-2/h4-11,14,18H,12-13H2,1-3H3,(H,24,26)/t18-/m1/s1. The lowest BCUT2D eigenvalue weighted by Crippen LogP contribution is -2.42. The smallest absolute Gasteiger partial charge is 0.328 e. The van der Waals surface area contributed by atoms with Gasteiger partial charge in [-0.15, -0.1) is 0 Å². The van der Waals surface area contributed by atoms with E-state index in [1.165, 1.54) is 25.0 Å². The Labute approximate surface area is 184 Å². The van der Waals surface area contributed by atoms with Crippen molar-refractivity contribution in [3.63, 3.8) is 0 Å². The number of para-hydroxylation sites is 2. The van der Waals surface area contributed by atoms with Crippen molar-refractivity contribution in [2.45, 2.75) is 12.5 Å². The number of fused-ring (bicyclic) bond motifs is 1. The fraction of sp³-hybridized carbons (Fsp3) is 0.261. The molecule has 0 bridgehead atoms. The van der Waals surface area contributed by atoms with Crippen molar-refractivity contribution in [1.29, 1.82) is 0 Å². The second kappa shape index (κ2) is 10.2. The van der Waals surface area contributed by atoms with Crippen LogP contribution in [0.4, 0.5) is 0 Å². The number of amides is 1. The van der Waals surface area contributed by atoms with Gasteiger partial charge in [-0.25, -0.2) is 4.79 Å². The number of nitrogens with one attached hydrogen (secondary N) is 1. The van der Waals surface area contributed by atoms with E-state index in [0.717, 1.165) is 0 Å². The number of benzene rings is 2. The van der Waals surface area contributed by atoms with Gasteiger partial charge >= 0.3 is 5.97 Å². The largest absolute Gasteiger partial charge is 0.495 e. The lowest BCUT2D eigenvalue weighted by atomic mass is 10.1. The third kappa shape index (κ3) is 4.74. The minimum atomic E-state index is -0.782. The van der Waals surface area contributed by atoms with E-state index in [-0.39, 0.29) is 11.1 Å². The number of carbonyl (C=O) groups excluding carboxylic acids is 2. The van der Waals surface area contributed by atoms with Crippen LogP contribution >= 0.6 is 11.8 Å². The fourth-order valence-corrected chi connectivity index (χ4v) is 3.81. The molecule has 1 aromatic heterocycles. The number of pyridine rings is 1. The Hall–Kier alpha value is -3.26. The average molecular weight is 441 g/mol. The monoisotopic (exact) mass is 440 g/mol. The predicted octanol–water partition coefficient (Wildman–Crippen LogP) is 3.02. The van der Waals surface area contributed by atoms with E-state index in [0.29, 0.717) is 34.4 Å². The first-order chi connectivity index (χ1) is 15.0. The number of esters is 1. The van der Waals surface area contributed by atoms with Gasteiger partial charge in [-0.05, 0) is 36.6 Å². The molecule has 0 saturated carbocycles. The first-order valence-corrected chi connectivity index (χ1v) is 11.1. The van der Waals surface area contributed by atoms with Crippen LogP contribution in [0.1, 0.15) is 16.8 Å². The lowest BCUT2D eigenvalue weighted by molar-refractivity contribution is -0.142. The van der Waals surface area contributed by atoms with Gasteiger partial charge in [0.25, 0.3) is 11.5 Å². The van der Waals surface area contributed by atoms with Crippen molar-refractivity contribution in [1.82, 2.24) is 9.88 Å². The topological polar surface area (TPSA) is 86.6 Å². The highest BCUT2D eigenvalue weighted by atomic mass is 32.2. The van der Waals surface area contributed by atoms with Crippen LogP contribution in [0, 0.1) is 0 Å². The van der Waals surface area contributed by atoms with E-state index in [2.05, 4.69) is 5.32 Å². The van der Waals surface area contributed by atoms with Crippen LogP contribution in [0.3, 0.4) is 0 Å². The minimum Gasteiger partial charge on any atom is -0.495 e. The molecule has 1 N–H and O–H groups in total. The summed E-state index contributed by atoms with van der Waals surface area (Å²) in [7, 11) is 2.81. The summed E-state index contributed by atoms with van der Waals surface area (Å²) in [6.45, 7) is 0. The molecular weight excluding hydrogens is 416 g/mol. The summed E-state index contributed by atoms with van der Waals surface area (Å²) in [6, 6.07) is 13.2. The van der Waals surface area contributed by atoms with E-state index >= 15 is 0 Å². The molecule has 0 aliphatic carbocycles. The number of thioether (sulfide) groups is 1. The maximum absolute atomic E-state index is 13.2. The molecule has 0 saturated heterocycles. The van der Waals surface area contributed by atoms with Crippen LogP contribution in [0.15, 0.2) is 59.5 Å². The Morgan fingerprint density at radius 3 is 2.42 bits per heavy atom. The molecule has 0 spiro atoms. The zero-order valence-corrected chi connectivity index (χ0v) is 18.4. The van der Waals surface area contributed by atoms with Gasteiger partial charge in [0.05, 0.1) is 25.5 Å². The van der Waals surface area contributed by atoms with Crippen LogP contribution in [0.25, 0.3) is 16.5 Å². The Morgan fingerprint density at radius 1 is 1.06 bits per heavy atom. The number of methoxy groups -OCH3 is 2. The van der Waals surface area contributed by atoms with Crippen molar-refractivity contribution in [3.05, 3.63) is 70.6 Å². The lowest BCUT2D eigenvalue weighted by Gasteiger charge is -2.18. The third-order valence-corrected chi connectivity index (χ3v) is 5.56. The van der Waals surface area contributed by atoms with E-state index in [1.54, 1.807) is 60.3 Å². The highest BCUT2D eigenvalue weighted by Crippen LogP contribution is 2.24. The molecular formula is C23H24N2O5S. The number of carbonyl (C=O) groups is 2. The summed E-state index contributed by atoms with van der Waals surface area (Å²) in [4.78, 5) is 38.6. The van der Waals surface area contributed by atoms with Crippen LogP contribution in [-0.4, -0.2) is 48.7 Å². The molecule has 0 aliphatic heterocycles. The van der Waals surface area contributed by atoms with Gasteiger partial charge in [0.1, 0.15) is 11.8 Å². The number of aromatic nitrogens is 1. The number of hydrogen-bond donors (Lipinski definition) is 1. The minimum absolute atomic E-state index is 0.274. The summed E-state index contributed by atoms with van der Waals surface area (Å²) in [5.74, 6) is 0.210. The molecule has 1 heterocycles. The van der Waals surface area contributed by atoms with Crippen molar-refractivity contribution in [3.8, 4) is 11.4 Å². The van der Waals surface area contributed by atoms with Gasteiger partial charge in [-0.1, -0.05) is 30.3 Å². The molecule has 1 amide bonds. The second-order valence-corrected chi connectivity index (χ2v) is 7.75. The van der Waals surface area contributed by atoms with E-state index in [9.17, 15) is 14.4 Å². The molecule has 3 rings (SSSR count). The summed E-state index contributed by atoms with van der Waals surface area (Å²) in [5, 5.41) is 3.66. The number of hydrogen-bond acceptors (Lipinski definition) is 6. The first kappa shape index (κ1) is 22.4. The zero-order valence-electron chi connectivity index (χ0n) is 17.6. The SMILES string of the molecule is COC(=O)[C@@H](CCSC)NC(=O)c1cn(-c2ccccc2OC)c(=O)c2ccccc12. The van der Waals surface area contributed by atoms with Crippen molar-refractivity contribution in [2.75, 3.05) is 26.2 Å². The summed E-state index contributed by atoms with van der Waals surface area (Å²) < 4.78 is 11.6. The molecule has 0 radical (unpaired) electrons. The van der Waals surface area contributed by atoms with Gasteiger partial charge in [-0.3, -0.25) is 14.2 Å². The molecule has 0 unspecified atom stereocenters. The Bertz CT molecular complexity index is 1160. The second-order valence-electron chi connectivity index (χ2n) is 6.77. The first-order valence-electron chi connectivity index (χ1n) is 9.67. The van der Waals surface area contributed by atoms with Crippen LogP contribution in [0.2, 0.25) is 0 Å². The van der Waals surface area contributed by atoms with Gasteiger partial charge in [-0.2, -0.15) is 11.8 Å². The van der Waals surface area contributed by atoms with Gasteiger partial charge < -0.3 is 14.8 Å². The van der Waals surface area contributed by atoms with Gasteiger partial charge in [0, 0.05) is 17.0 Å². The summed E-state index contributed by atoms with van der Waals surface area (Å²) in [5.41, 5.74) is 0.518. The van der Waals surface area contributed by atoms with E-state index in [1.807, 2.05) is 6.26 Å². The van der Waals surface area contributed by atoms with Crippen molar-refractivity contribution >= 4 is 34.4 Å². The quantitative estimate of drug-likeness (QED) is 0.542. The molecule has 7 nitrogen and oxygen atoms in total. The van der Waals surface area contributed by atoms with E-state index < -0.39 is 17.9 Å². The maximum Gasteiger partial charge on any atom is 0.328 e. The molecule has 31 heavy (non-hydrogen) atoms. The zero-order chi connectivity index (χ0) is 22.4. The molecule has 0 aliphatic rings. The summed E-state index contributed by atoms with van der Waals surface area (Å²) in [6.07, 6.45) is 3.84. The molecule has 8 heteroatoms. The predicted molar refractivity (Wildman–Crippen MR) is 122 cm³/mol. The van der Waals surface area contributed by atoms with Crippen LogP contribution in [-0.2, 0) is 9.53 Å². The van der Waals surface area contributed by atoms with Crippen LogP contribution in [0.5, 0.6) is 5.75 Å². The Kier molecular flexibility index (Phi) is 7.36. The number of ether oxygens (including phenoxy) is 2. The normalized spacial score (nSPS) is 11.7. The van der Waals surface area contributed by atoms with Crippen molar-refractivity contribution < 1.29 is 19.1 Å². The molecule has 2 aromatic carbocycles. The molecule has 3 aromatic rings. The summed E-state index contributed by atoms with van der Waals surface area (Å²) >= 11 is 1.57. The van der Waals surface area contributed by atoms with E-state index in [4.69, 9.17) is 9.47 Å². The highest BCUT2D eigenvalue weighted by molar-refractivity contribution is 7.98. The van der Waals surface area contributed by atoms with Crippen molar-refractivity contribution in [2.24, 2.45) is 0 Å². The number of nitrogens with zero attached hydrogens (tertiary/aromatic N) is 1. The molecule has 0 fully saturated rings.